The molecule has 0 aliphatic heterocycles. The summed E-state index contributed by atoms with van der Waals surface area (Å²) in [5.41, 5.74) is 0. The minimum Gasteiger partial charge on any atom is -0.353 e. The van der Waals surface area contributed by atoms with Gasteiger partial charge in [-0.25, -0.2) is 0 Å². The molecule has 0 atom stereocenters. The van der Waals surface area contributed by atoms with E-state index in [4.69, 9.17) is 9.47 Å². The Labute approximate surface area is 229 Å². The molecule has 0 bridgehead atoms. The lowest BCUT2D eigenvalue weighted by Gasteiger charge is -2.14. The van der Waals surface area contributed by atoms with Crippen LogP contribution in [0.1, 0.15) is 201 Å². The van der Waals surface area contributed by atoms with Gasteiger partial charge < -0.3 is 9.47 Å². The maximum Gasteiger partial charge on any atom is 0.154 e. The second-order valence-corrected chi connectivity index (χ2v) is 11.5. The SMILES string of the molecule is CCCCCCCCCCCCCCCCOC(C)OCCCCCCCCCCCCCCCC. The van der Waals surface area contributed by atoms with Crippen LogP contribution in [0, 0.1) is 0 Å². The van der Waals surface area contributed by atoms with E-state index in [2.05, 4.69) is 20.8 Å². The van der Waals surface area contributed by atoms with E-state index in [1.54, 1.807) is 0 Å². The van der Waals surface area contributed by atoms with Crippen LogP contribution in [0.25, 0.3) is 0 Å². The lowest BCUT2D eigenvalue weighted by molar-refractivity contribution is -0.131. The van der Waals surface area contributed by atoms with Crippen molar-refractivity contribution in [3.8, 4) is 0 Å². The molecule has 0 unspecified atom stereocenters. The quantitative estimate of drug-likeness (QED) is 0.0661. The third-order valence-corrected chi connectivity index (χ3v) is 7.70. The average Bonchev–Trinajstić information content (AvgIpc) is 2.88. The van der Waals surface area contributed by atoms with Gasteiger partial charge in [-0.15, -0.1) is 0 Å². The lowest BCUT2D eigenvalue weighted by atomic mass is 10.0. The zero-order valence-electron chi connectivity index (χ0n) is 25.6. The molecule has 0 aliphatic carbocycles. The molecule has 0 saturated carbocycles. The Bertz CT molecular complexity index is 336. The molecule has 0 aromatic carbocycles. The Kier molecular flexibility index (Phi) is 32.9. The van der Waals surface area contributed by atoms with E-state index < -0.39 is 0 Å². The summed E-state index contributed by atoms with van der Waals surface area (Å²) in [5.74, 6) is 0. The molecule has 0 aromatic rings. The fourth-order valence-corrected chi connectivity index (χ4v) is 5.14. The first-order valence-corrected chi connectivity index (χ1v) is 17.0. The molecule has 0 spiro atoms. The molecule has 0 radical (unpaired) electrons. The zero-order chi connectivity index (χ0) is 26.2. The smallest absolute Gasteiger partial charge is 0.154 e. The summed E-state index contributed by atoms with van der Waals surface area (Å²) in [6.07, 6.45) is 39.3. The molecule has 0 N–H and O–H groups in total. The number of hydrogen-bond donors (Lipinski definition) is 0. The van der Waals surface area contributed by atoms with Gasteiger partial charge in [0.25, 0.3) is 0 Å². The van der Waals surface area contributed by atoms with E-state index in [1.165, 1.54) is 180 Å². The minimum atomic E-state index is -0.0334. The molecule has 0 saturated heterocycles. The highest BCUT2D eigenvalue weighted by atomic mass is 16.7. The van der Waals surface area contributed by atoms with Crippen LogP contribution in [-0.4, -0.2) is 19.5 Å². The van der Waals surface area contributed by atoms with Gasteiger partial charge >= 0.3 is 0 Å². The van der Waals surface area contributed by atoms with Crippen LogP contribution in [0.5, 0.6) is 0 Å². The van der Waals surface area contributed by atoms with Gasteiger partial charge in [0.2, 0.25) is 0 Å². The maximum absolute atomic E-state index is 5.85. The molecule has 2 heteroatoms. The topological polar surface area (TPSA) is 18.5 Å². The van der Waals surface area contributed by atoms with Crippen LogP contribution in [0.3, 0.4) is 0 Å². The van der Waals surface area contributed by atoms with Crippen molar-refractivity contribution in [2.45, 2.75) is 207 Å². The molecule has 0 heterocycles. The monoisotopic (exact) mass is 511 g/mol. The average molecular weight is 511 g/mol. The summed E-state index contributed by atoms with van der Waals surface area (Å²) >= 11 is 0. The molecule has 0 aromatic heterocycles. The van der Waals surface area contributed by atoms with Gasteiger partial charge in [-0.1, -0.05) is 181 Å². The zero-order valence-corrected chi connectivity index (χ0v) is 25.6. The number of hydrogen-bond acceptors (Lipinski definition) is 2. The Morgan fingerprint density at radius 3 is 0.722 bits per heavy atom. The highest BCUT2D eigenvalue weighted by Crippen LogP contribution is 2.14. The van der Waals surface area contributed by atoms with Crippen LogP contribution in [0.15, 0.2) is 0 Å². The van der Waals surface area contributed by atoms with Crippen molar-refractivity contribution in [1.82, 2.24) is 0 Å². The Balaban J connectivity index is 3.13. The van der Waals surface area contributed by atoms with Crippen molar-refractivity contribution in [3.63, 3.8) is 0 Å². The summed E-state index contributed by atoms with van der Waals surface area (Å²) in [6, 6.07) is 0. The van der Waals surface area contributed by atoms with Gasteiger partial charge in [-0.05, 0) is 19.8 Å². The Morgan fingerprint density at radius 1 is 0.306 bits per heavy atom. The fraction of sp³-hybridized carbons (Fsp3) is 1.00. The van der Waals surface area contributed by atoms with Crippen molar-refractivity contribution in [3.05, 3.63) is 0 Å². The normalized spacial score (nSPS) is 11.7. The van der Waals surface area contributed by atoms with E-state index in [-0.39, 0.29) is 6.29 Å². The summed E-state index contributed by atoms with van der Waals surface area (Å²) in [5, 5.41) is 0. The van der Waals surface area contributed by atoms with Crippen LogP contribution < -0.4 is 0 Å². The van der Waals surface area contributed by atoms with Crippen LogP contribution in [0.4, 0.5) is 0 Å². The summed E-state index contributed by atoms with van der Waals surface area (Å²) < 4.78 is 11.7. The third kappa shape index (κ3) is 31.9. The van der Waals surface area contributed by atoms with Crippen molar-refractivity contribution in [1.29, 1.82) is 0 Å². The van der Waals surface area contributed by atoms with Gasteiger partial charge in [0, 0.05) is 13.2 Å². The predicted octanol–water partition coefficient (Wildman–Crippen LogP) is 12.3. The first-order valence-electron chi connectivity index (χ1n) is 17.0. The van der Waals surface area contributed by atoms with E-state index in [0.29, 0.717) is 0 Å². The van der Waals surface area contributed by atoms with Crippen molar-refractivity contribution < 1.29 is 9.47 Å². The second-order valence-electron chi connectivity index (χ2n) is 11.5. The highest BCUT2D eigenvalue weighted by Gasteiger charge is 2.02. The summed E-state index contributed by atoms with van der Waals surface area (Å²) in [6.45, 7) is 8.37. The Hall–Kier alpha value is -0.0800. The van der Waals surface area contributed by atoms with Crippen LogP contribution in [-0.2, 0) is 9.47 Å². The second kappa shape index (κ2) is 32.9. The third-order valence-electron chi connectivity index (χ3n) is 7.70. The first-order chi connectivity index (χ1) is 17.8. The molecule has 0 amide bonds. The number of unbranched alkanes of at least 4 members (excludes halogenated alkanes) is 26. The van der Waals surface area contributed by atoms with Gasteiger partial charge in [0.1, 0.15) is 0 Å². The lowest BCUT2D eigenvalue weighted by Crippen LogP contribution is -2.14. The molecule has 0 fully saturated rings. The minimum absolute atomic E-state index is 0.0334. The number of ether oxygens (including phenoxy) is 2. The summed E-state index contributed by atoms with van der Waals surface area (Å²) in [4.78, 5) is 0. The van der Waals surface area contributed by atoms with Gasteiger partial charge in [0.05, 0.1) is 0 Å². The van der Waals surface area contributed by atoms with E-state index in [0.717, 1.165) is 13.2 Å². The van der Waals surface area contributed by atoms with E-state index >= 15 is 0 Å². The maximum atomic E-state index is 5.85. The standard InChI is InChI=1S/C34H70O2/c1-4-6-8-10-12-14-16-18-20-22-24-26-28-30-32-35-34(3)36-33-31-29-27-25-23-21-19-17-15-13-11-9-7-5-2/h34H,4-33H2,1-3H3. The molecule has 36 heavy (non-hydrogen) atoms. The van der Waals surface area contributed by atoms with Gasteiger partial charge in [-0.2, -0.15) is 0 Å². The van der Waals surface area contributed by atoms with Crippen molar-refractivity contribution in [2.24, 2.45) is 0 Å². The molecule has 218 valence electrons. The molecular formula is C34H70O2. The largest absolute Gasteiger partial charge is 0.353 e. The molecule has 0 aliphatic rings. The molecular weight excluding hydrogens is 440 g/mol. The van der Waals surface area contributed by atoms with Gasteiger partial charge in [-0.3, -0.25) is 0 Å². The van der Waals surface area contributed by atoms with E-state index in [9.17, 15) is 0 Å². The first kappa shape index (κ1) is 35.9. The fourth-order valence-electron chi connectivity index (χ4n) is 5.14. The van der Waals surface area contributed by atoms with Crippen LogP contribution >= 0.6 is 0 Å². The Morgan fingerprint density at radius 2 is 0.500 bits per heavy atom. The van der Waals surface area contributed by atoms with Gasteiger partial charge in [0.15, 0.2) is 6.29 Å². The summed E-state index contributed by atoms with van der Waals surface area (Å²) in [7, 11) is 0. The molecule has 0 rings (SSSR count). The van der Waals surface area contributed by atoms with Crippen molar-refractivity contribution in [2.75, 3.05) is 13.2 Å². The highest BCUT2D eigenvalue weighted by molar-refractivity contribution is 4.51. The number of rotatable bonds is 32. The van der Waals surface area contributed by atoms with E-state index in [1.807, 2.05) is 0 Å². The van der Waals surface area contributed by atoms with Crippen molar-refractivity contribution >= 4 is 0 Å². The predicted molar refractivity (Wildman–Crippen MR) is 162 cm³/mol. The molecule has 2 nitrogen and oxygen atoms in total. The van der Waals surface area contributed by atoms with Crippen LogP contribution in [0.2, 0.25) is 0 Å².